The molecule has 0 spiro atoms. The summed E-state index contributed by atoms with van der Waals surface area (Å²) in [6, 6.07) is 11.8. The number of benzene rings is 1. The van der Waals surface area contributed by atoms with Crippen molar-refractivity contribution >= 4 is 35.5 Å². The first-order valence-electron chi connectivity index (χ1n) is 10.4. The molecule has 1 saturated carbocycles. The molecule has 4 rings (SSSR count). The SMILES string of the molecule is Cn1cccc1/C=N/NC(=O)CSc1nnc(-c2ccc(Cl)cc2)n1C1CCCCC1. The average molecular weight is 457 g/mol. The summed E-state index contributed by atoms with van der Waals surface area (Å²) in [6.45, 7) is 0. The Morgan fingerprint density at radius 3 is 2.71 bits per heavy atom. The van der Waals surface area contributed by atoms with E-state index < -0.39 is 0 Å². The van der Waals surface area contributed by atoms with Crippen LogP contribution >= 0.6 is 23.4 Å². The monoisotopic (exact) mass is 456 g/mol. The lowest BCUT2D eigenvalue weighted by molar-refractivity contribution is -0.118. The highest BCUT2D eigenvalue weighted by molar-refractivity contribution is 7.99. The van der Waals surface area contributed by atoms with Crippen LogP contribution in [0.25, 0.3) is 11.4 Å². The van der Waals surface area contributed by atoms with E-state index in [-0.39, 0.29) is 11.7 Å². The second-order valence-corrected chi connectivity index (χ2v) is 8.98. The quantitative estimate of drug-likeness (QED) is 0.318. The number of hydrogen-bond donors (Lipinski definition) is 1. The highest BCUT2D eigenvalue weighted by atomic mass is 35.5. The van der Waals surface area contributed by atoms with Gasteiger partial charge in [0.1, 0.15) is 0 Å². The van der Waals surface area contributed by atoms with Gasteiger partial charge in [-0.25, -0.2) is 5.43 Å². The van der Waals surface area contributed by atoms with Gasteiger partial charge in [-0.1, -0.05) is 42.6 Å². The van der Waals surface area contributed by atoms with Crippen molar-refractivity contribution < 1.29 is 4.79 Å². The molecule has 1 fully saturated rings. The molecule has 0 saturated heterocycles. The Balaban J connectivity index is 1.47. The van der Waals surface area contributed by atoms with Crippen LogP contribution in [-0.2, 0) is 11.8 Å². The predicted octanol–water partition coefficient (Wildman–Crippen LogP) is 4.68. The third kappa shape index (κ3) is 5.37. The summed E-state index contributed by atoms with van der Waals surface area (Å²) >= 11 is 7.45. The van der Waals surface area contributed by atoms with Crippen molar-refractivity contribution in [3.05, 3.63) is 53.3 Å². The van der Waals surface area contributed by atoms with E-state index in [4.69, 9.17) is 11.6 Å². The van der Waals surface area contributed by atoms with Crippen LogP contribution in [0.5, 0.6) is 0 Å². The number of nitrogens with zero attached hydrogens (tertiary/aromatic N) is 5. The van der Waals surface area contributed by atoms with Gasteiger partial charge >= 0.3 is 0 Å². The zero-order valence-electron chi connectivity index (χ0n) is 17.4. The number of carbonyl (C=O) groups excluding carboxylic acids is 1. The Morgan fingerprint density at radius 1 is 1.23 bits per heavy atom. The van der Waals surface area contributed by atoms with E-state index in [1.165, 1.54) is 31.0 Å². The fourth-order valence-corrected chi connectivity index (χ4v) is 4.70. The standard InChI is InChI=1S/C22H25ClN6OS/c1-28-13-5-8-19(28)14-24-25-20(30)15-31-22-27-26-21(16-9-11-17(23)12-10-16)29(22)18-6-3-2-4-7-18/h5,8-14,18H,2-4,6-7,15H2,1H3,(H,25,30)/b24-14+. The molecule has 7 nitrogen and oxygen atoms in total. The molecule has 1 amide bonds. The number of aryl methyl sites for hydroxylation is 1. The first kappa shape index (κ1) is 21.6. The van der Waals surface area contributed by atoms with Gasteiger partial charge in [-0.05, 0) is 49.2 Å². The van der Waals surface area contributed by atoms with E-state index in [0.717, 1.165) is 35.1 Å². The van der Waals surface area contributed by atoms with E-state index in [2.05, 4.69) is 25.3 Å². The summed E-state index contributed by atoms with van der Waals surface area (Å²) in [5.41, 5.74) is 4.48. The van der Waals surface area contributed by atoms with Crippen molar-refractivity contribution in [1.29, 1.82) is 0 Å². The predicted molar refractivity (Wildman–Crippen MR) is 124 cm³/mol. The molecule has 0 radical (unpaired) electrons. The molecule has 0 atom stereocenters. The number of thioether (sulfide) groups is 1. The second kappa shape index (κ2) is 10.2. The van der Waals surface area contributed by atoms with Crippen LogP contribution in [0.1, 0.15) is 43.8 Å². The van der Waals surface area contributed by atoms with E-state index in [9.17, 15) is 4.79 Å². The van der Waals surface area contributed by atoms with E-state index >= 15 is 0 Å². The van der Waals surface area contributed by atoms with E-state index in [0.29, 0.717) is 11.1 Å². The molecule has 1 aliphatic carbocycles. The summed E-state index contributed by atoms with van der Waals surface area (Å²) in [6.07, 6.45) is 9.40. The summed E-state index contributed by atoms with van der Waals surface area (Å²) in [4.78, 5) is 12.3. The number of halogens is 1. The van der Waals surface area contributed by atoms with Crippen molar-refractivity contribution in [2.75, 3.05) is 5.75 Å². The highest BCUT2D eigenvalue weighted by Gasteiger charge is 2.24. The third-order valence-electron chi connectivity index (χ3n) is 5.41. The average Bonchev–Trinajstić information content (AvgIpc) is 3.39. The fourth-order valence-electron chi connectivity index (χ4n) is 3.78. The molecule has 31 heavy (non-hydrogen) atoms. The van der Waals surface area contributed by atoms with Gasteiger partial charge in [-0.2, -0.15) is 5.10 Å². The number of carbonyl (C=O) groups is 1. The maximum atomic E-state index is 12.3. The fraction of sp³-hybridized carbons (Fsp3) is 0.364. The Kier molecular flexibility index (Phi) is 7.09. The molecule has 162 valence electrons. The highest BCUT2D eigenvalue weighted by Crippen LogP contribution is 2.35. The van der Waals surface area contributed by atoms with Crippen molar-refractivity contribution in [1.82, 2.24) is 24.8 Å². The molecular weight excluding hydrogens is 432 g/mol. The van der Waals surface area contributed by atoms with Gasteiger partial charge in [0.15, 0.2) is 11.0 Å². The normalized spacial score (nSPS) is 14.9. The van der Waals surface area contributed by atoms with Gasteiger partial charge in [0.2, 0.25) is 0 Å². The van der Waals surface area contributed by atoms with Gasteiger partial charge in [0.25, 0.3) is 5.91 Å². The number of amides is 1. The van der Waals surface area contributed by atoms with Gasteiger partial charge < -0.3 is 4.57 Å². The lowest BCUT2D eigenvalue weighted by Crippen LogP contribution is -2.21. The minimum Gasteiger partial charge on any atom is -0.350 e. The number of rotatable bonds is 7. The largest absolute Gasteiger partial charge is 0.350 e. The van der Waals surface area contributed by atoms with Crippen LogP contribution in [0, 0.1) is 0 Å². The lowest BCUT2D eigenvalue weighted by atomic mass is 9.95. The molecule has 2 heterocycles. The number of hydrazone groups is 1. The first-order valence-corrected chi connectivity index (χ1v) is 11.7. The van der Waals surface area contributed by atoms with Crippen LogP contribution in [0.15, 0.2) is 52.9 Å². The van der Waals surface area contributed by atoms with Crippen molar-refractivity contribution in [3.63, 3.8) is 0 Å². The Labute approximate surface area is 190 Å². The van der Waals surface area contributed by atoms with Crippen LogP contribution in [0.4, 0.5) is 0 Å². The molecule has 1 N–H and O–H groups in total. The van der Waals surface area contributed by atoms with Gasteiger partial charge in [-0.15, -0.1) is 10.2 Å². The van der Waals surface area contributed by atoms with Gasteiger partial charge in [0.05, 0.1) is 17.7 Å². The molecule has 1 aromatic carbocycles. The van der Waals surface area contributed by atoms with Crippen LogP contribution in [-0.4, -0.2) is 37.2 Å². The number of hydrogen-bond acceptors (Lipinski definition) is 5. The van der Waals surface area contributed by atoms with Crippen molar-refractivity contribution in [3.8, 4) is 11.4 Å². The summed E-state index contributed by atoms with van der Waals surface area (Å²) in [7, 11) is 1.93. The minimum absolute atomic E-state index is 0.179. The summed E-state index contributed by atoms with van der Waals surface area (Å²) in [5, 5.41) is 14.4. The number of aromatic nitrogens is 4. The summed E-state index contributed by atoms with van der Waals surface area (Å²) < 4.78 is 4.13. The van der Waals surface area contributed by atoms with Gasteiger partial charge in [-0.3, -0.25) is 9.36 Å². The zero-order valence-corrected chi connectivity index (χ0v) is 18.9. The molecule has 0 aliphatic heterocycles. The topological polar surface area (TPSA) is 77.1 Å². The van der Waals surface area contributed by atoms with Crippen molar-refractivity contribution in [2.24, 2.45) is 12.1 Å². The number of nitrogens with one attached hydrogen (secondary N) is 1. The zero-order chi connectivity index (χ0) is 21.6. The lowest BCUT2D eigenvalue weighted by Gasteiger charge is -2.25. The van der Waals surface area contributed by atoms with E-state index in [1.54, 1.807) is 6.21 Å². The Hall–Kier alpha value is -2.58. The maximum absolute atomic E-state index is 12.3. The minimum atomic E-state index is -0.179. The van der Waals surface area contributed by atoms with Gasteiger partial charge in [0, 0.05) is 29.9 Å². The summed E-state index contributed by atoms with van der Waals surface area (Å²) in [5.74, 6) is 0.866. The molecule has 9 heteroatoms. The third-order valence-corrected chi connectivity index (χ3v) is 6.60. The molecule has 2 aromatic heterocycles. The molecule has 0 unspecified atom stereocenters. The molecule has 3 aromatic rings. The molecule has 1 aliphatic rings. The van der Waals surface area contributed by atoms with Crippen LogP contribution in [0.3, 0.4) is 0 Å². The molecular formula is C22H25ClN6OS. The second-order valence-electron chi connectivity index (χ2n) is 7.60. The van der Waals surface area contributed by atoms with E-state index in [1.807, 2.05) is 54.2 Å². The Morgan fingerprint density at radius 2 is 2.00 bits per heavy atom. The van der Waals surface area contributed by atoms with Crippen molar-refractivity contribution in [2.45, 2.75) is 43.3 Å². The van der Waals surface area contributed by atoms with Crippen LogP contribution in [0.2, 0.25) is 5.02 Å². The molecule has 0 bridgehead atoms. The smallest absolute Gasteiger partial charge is 0.250 e. The first-order chi connectivity index (χ1) is 15.1. The maximum Gasteiger partial charge on any atom is 0.250 e. The Bertz CT molecular complexity index is 1050. The van der Waals surface area contributed by atoms with Crippen LogP contribution < -0.4 is 5.43 Å².